The number of nitrogens with zero attached hydrogens (tertiary/aromatic N) is 9. The summed E-state index contributed by atoms with van der Waals surface area (Å²) in [6.45, 7) is 7.17. The number of para-hydroxylation sites is 2. The third-order valence-corrected chi connectivity index (χ3v) is 11.6. The second kappa shape index (κ2) is 14.8. The minimum absolute atomic E-state index is 0.0657. The van der Waals surface area contributed by atoms with Crippen LogP contribution in [0.1, 0.15) is 28.9 Å². The molecule has 0 bridgehead atoms. The molecule has 0 atom stereocenters. The Morgan fingerprint density at radius 1 is 0.359 bits per heavy atom. The van der Waals surface area contributed by atoms with E-state index in [1.165, 1.54) is 0 Å². The van der Waals surface area contributed by atoms with Crippen molar-refractivity contribution in [2.24, 2.45) is 0 Å². The van der Waals surface area contributed by atoms with Crippen LogP contribution < -0.4 is 0 Å². The van der Waals surface area contributed by atoms with E-state index in [2.05, 4.69) is 29.9 Å². The van der Waals surface area contributed by atoms with Crippen LogP contribution in [0.25, 0.3) is 100 Å². The van der Waals surface area contributed by atoms with E-state index >= 15 is 13.2 Å². The van der Waals surface area contributed by atoms with E-state index in [1.54, 1.807) is 49.0 Å². The molecule has 0 saturated heterocycles. The number of hydrogen-bond donors (Lipinski definition) is 0. The largest absolute Gasteiger partial charge is 0.420 e. The minimum atomic E-state index is -4.86. The number of pyridine rings is 1. The molecule has 9 nitrogen and oxygen atoms in total. The highest BCUT2D eigenvalue weighted by molar-refractivity contribution is 6.12. The van der Waals surface area contributed by atoms with Gasteiger partial charge in [-0.2, -0.15) is 13.2 Å². The number of rotatable bonds is 6. The first-order valence-corrected chi connectivity index (χ1v) is 20.7. The summed E-state index contributed by atoms with van der Waals surface area (Å²) in [7, 11) is 0. The van der Waals surface area contributed by atoms with Gasteiger partial charge >= 0.3 is 6.18 Å². The van der Waals surface area contributed by atoms with Gasteiger partial charge < -0.3 is 9.13 Å². The standard InChI is InChI=1S/C52H36F3N9/c1-29-56-30(2)59-50(58-29)34-21-23-39-37-15-8-10-19-43(37)63(45(39)25-34)47-27-36(42-18-12-17-41(62-42)33-13-6-5-7-14-33)28-48(49(47)52(53,54)55)64-44-20-11-9-16-38(44)40-24-22-35(26-46(40)64)51-60-31(3)57-32(4)61-51/h5-28H,1-4H3. The molecule has 0 aliphatic rings. The van der Waals surface area contributed by atoms with Crippen LogP contribution in [0.15, 0.2) is 146 Å². The fourth-order valence-corrected chi connectivity index (χ4v) is 9.00. The number of hydrogen-bond acceptors (Lipinski definition) is 7. The maximum atomic E-state index is 16.7. The van der Waals surface area contributed by atoms with Crippen molar-refractivity contribution in [3.05, 3.63) is 174 Å². The van der Waals surface area contributed by atoms with Crippen molar-refractivity contribution in [1.29, 1.82) is 0 Å². The molecule has 310 valence electrons. The summed E-state index contributed by atoms with van der Waals surface area (Å²) < 4.78 is 53.5. The van der Waals surface area contributed by atoms with Gasteiger partial charge in [-0.25, -0.2) is 34.9 Å². The molecule has 12 heteroatoms. The Labute approximate surface area is 364 Å². The zero-order chi connectivity index (χ0) is 43.9. The average Bonchev–Trinajstić information content (AvgIpc) is 3.80. The molecule has 0 unspecified atom stereocenters. The summed E-state index contributed by atoms with van der Waals surface area (Å²) in [6.07, 6.45) is -4.86. The van der Waals surface area contributed by atoms with Gasteiger partial charge in [-0.05, 0) is 76.2 Å². The number of halogens is 3. The minimum Gasteiger partial charge on any atom is -0.309 e. The van der Waals surface area contributed by atoms with Gasteiger partial charge in [0.1, 0.15) is 28.9 Å². The summed E-state index contributed by atoms with van der Waals surface area (Å²) >= 11 is 0. The number of alkyl halides is 3. The highest BCUT2D eigenvalue weighted by atomic mass is 19.4. The molecule has 0 amide bonds. The van der Waals surface area contributed by atoms with Gasteiger partial charge in [-0.1, -0.05) is 97.1 Å². The van der Waals surface area contributed by atoms with Gasteiger partial charge in [0.15, 0.2) is 11.6 Å². The van der Waals surface area contributed by atoms with Gasteiger partial charge in [0.25, 0.3) is 0 Å². The highest BCUT2D eigenvalue weighted by Gasteiger charge is 2.40. The van der Waals surface area contributed by atoms with Crippen molar-refractivity contribution >= 4 is 43.6 Å². The average molecular weight is 844 g/mol. The van der Waals surface area contributed by atoms with Crippen LogP contribution in [0.4, 0.5) is 13.2 Å². The Kier molecular flexibility index (Phi) is 8.95. The van der Waals surface area contributed by atoms with Crippen molar-refractivity contribution in [3.8, 4) is 56.7 Å². The first-order valence-electron chi connectivity index (χ1n) is 20.7. The SMILES string of the molecule is Cc1nc(C)nc(-c2ccc3c4ccccc4n(-c4cc(-c5cccc(-c6ccccc6)n5)cc(-n5c6ccccc6c6ccc(-c7nc(C)nc(C)n7)cc65)c4C(F)(F)F)c3c2)n1. The molecular weight excluding hydrogens is 808 g/mol. The van der Waals surface area contributed by atoms with Crippen molar-refractivity contribution in [2.75, 3.05) is 0 Å². The summed E-state index contributed by atoms with van der Waals surface area (Å²) in [4.78, 5) is 32.3. The smallest absolute Gasteiger partial charge is 0.309 e. The zero-order valence-electron chi connectivity index (χ0n) is 35.0. The summed E-state index contributed by atoms with van der Waals surface area (Å²) in [5, 5.41) is 3.13. The zero-order valence-corrected chi connectivity index (χ0v) is 35.0. The third-order valence-electron chi connectivity index (χ3n) is 11.6. The van der Waals surface area contributed by atoms with Gasteiger partial charge in [0.2, 0.25) is 0 Å². The predicted octanol–water partition coefficient (Wildman–Crippen LogP) is 12.6. The maximum Gasteiger partial charge on any atom is 0.420 e. The normalized spacial score (nSPS) is 12.0. The number of benzene rings is 6. The molecule has 0 radical (unpaired) electrons. The number of fused-ring (bicyclic) bond motifs is 6. The predicted molar refractivity (Wildman–Crippen MR) is 245 cm³/mol. The van der Waals surface area contributed by atoms with E-state index in [1.807, 2.05) is 133 Å². The fourth-order valence-electron chi connectivity index (χ4n) is 9.00. The molecule has 5 aromatic heterocycles. The lowest BCUT2D eigenvalue weighted by Gasteiger charge is -2.23. The molecule has 11 aromatic rings. The molecule has 0 saturated carbocycles. The van der Waals surface area contributed by atoms with E-state index < -0.39 is 11.7 Å². The number of aryl methyl sites for hydroxylation is 4. The lowest BCUT2D eigenvalue weighted by Crippen LogP contribution is -2.16. The Balaban J connectivity index is 1.29. The monoisotopic (exact) mass is 843 g/mol. The topological polar surface area (TPSA) is 100 Å². The van der Waals surface area contributed by atoms with Crippen LogP contribution in [-0.2, 0) is 6.18 Å². The van der Waals surface area contributed by atoms with Crippen LogP contribution in [0.5, 0.6) is 0 Å². The molecule has 64 heavy (non-hydrogen) atoms. The van der Waals surface area contributed by atoms with Crippen molar-refractivity contribution < 1.29 is 13.2 Å². The molecule has 6 aromatic carbocycles. The molecule has 5 heterocycles. The van der Waals surface area contributed by atoms with Crippen LogP contribution in [0.2, 0.25) is 0 Å². The first-order chi connectivity index (χ1) is 31.0. The Morgan fingerprint density at radius 2 is 0.781 bits per heavy atom. The highest BCUT2D eigenvalue weighted by Crippen LogP contribution is 2.46. The van der Waals surface area contributed by atoms with Gasteiger partial charge in [0, 0.05) is 43.8 Å². The molecule has 0 N–H and O–H groups in total. The Morgan fingerprint density at radius 3 is 1.25 bits per heavy atom. The third kappa shape index (κ3) is 6.53. The Hall–Kier alpha value is -8.12. The molecule has 0 aliphatic heterocycles. The second-order valence-electron chi connectivity index (χ2n) is 15.8. The van der Waals surface area contributed by atoms with E-state index in [-0.39, 0.29) is 11.4 Å². The number of aromatic nitrogens is 9. The van der Waals surface area contributed by atoms with Crippen LogP contribution in [0, 0.1) is 27.7 Å². The molecule has 0 aliphatic carbocycles. The summed E-state index contributed by atoms with van der Waals surface area (Å²) in [5.41, 5.74) is 5.22. The lowest BCUT2D eigenvalue weighted by molar-refractivity contribution is -0.137. The summed E-state index contributed by atoms with van der Waals surface area (Å²) in [6, 6.07) is 45.1. The van der Waals surface area contributed by atoms with E-state index in [0.29, 0.717) is 85.1 Å². The van der Waals surface area contributed by atoms with Crippen LogP contribution in [-0.4, -0.2) is 44.0 Å². The van der Waals surface area contributed by atoms with Gasteiger partial charge in [-0.3, -0.25) is 0 Å². The Bertz CT molecular complexity index is 3440. The molecule has 11 rings (SSSR count). The lowest BCUT2D eigenvalue weighted by atomic mass is 10.0. The maximum absolute atomic E-state index is 16.7. The van der Waals surface area contributed by atoms with E-state index in [4.69, 9.17) is 4.98 Å². The van der Waals surface area contributed by atoms with Gasteiger partial charge in [0.05, 0.1) is 44.8 Å². The van der Waals surface area contributed by atoms with Crippen LogP contribution >= 0.6 is 0 Å². The molecule has 0 spiro atoms. The van der Waals surface area contributed by atoms with Crippen molar-refractivity contribution in [2.45, 2.75) is 33.9 Å². The van der Waals surface area contributed by atoms with Crippen molar-refractivity contribution in [3.63, 3.8) is 0 Å². The van der Waals surface area contributed by atoms with E-state index in [9.17, 15) is 0 Å². The quantitative estimate of drug-likeness (QED) is 0.164. The van der Waals surface area contributed by atoms with Gasteiger partial charge in [-0.15, -0.1) is 0 Å². The van der Waals surface area contributed by atoms with Crippen molar-refractivity contribution in [1.82, 2.24) is 44.0 Å². The fraction of sp³-hybridized carbons (Fsp3) is 0.0962. The molecule has 0 fully saturated rings. The van der Waals surface area contributed by atoms with Crippen LogP contribution in [0.3, 0.4) is 0 Å². The van der Waals surface area contributed by atoms with E-state index in [0.717, 1.165) is 27.1 Å². The molecular formula is C52H36F3N9. The summed E-state index contributed by atoms with van der Waals surface area (Å²) in [5.74, 6) is 3.03. The second-order valence-corrected chi connectivity index (χ2v) is 15.8. The first kappa shape index (κ1) is 38.8.